The van der Waals surface area contributed by atoms with Gasteiger partial charge in [0, 0.05) is 6.04 Å². The van der Waals surface area contributed by atoms with Crippen LogP contribution in [0.15, 0.2) is 42.5 Å². The predicted octanol–water partition coefficient (Wildman–Crippen LogP) is 4.27. The van der Waals surface area contributed by atoms with Gasteiger partial charge in [0.15, 0.2) is 0 Å². The molecule has 2 atom stereocenters. The first-order valence-electron chi connectivity index (χ1n) is 8.51. The number of ether oxygens (including phenoxy) is 2. The van der Waals surface area contributed by atoms with Gasteiger partial charge >= 0.3 is 0 Å². The fraction of sp³-hybridized carbons (Fsp3) is 0.400. The maximum atomic E-state index is 6.01. The Hall–Kier alpha value is -2.00. The Kier molecular flexibility index (Phi) is 3.96. The molecule has 23 heavy (non-hydrogen) atoms. The summed E-state index contributed by atoms with van der Waals surface area (Å²) in [7, 11) is 1.67. The van der Waals surface area contributed by atoms with Gasteiger partial charge in [0.25, 0.3) is 0 Å². The van der Waals surface area contributed by atoms with E-state index in [1.54, 1.807) is 7.11 Å². The normalized spacial score (nSPS) is 22.8. The first kappa shape index (κ1) is 14.6. The highest BCUT2D eigenvalue weighted by atomic mass is 16.5. The summed E-state index contributed by atoms with van der Waals surface area (Å²) in [6.07, 6.45) is 4.97. The second kappa shape index (κ2) is 6.25. The Morgan fingerprint density at radius 2 is 1.74 bits per heavy atom. The minimum atomic E-state index is 0.671. The first-order valence-corrected chi connectivity index (χ1v) is 8.51. The summed E-state index contributed by atoms with van der Waals surface area (Å²) in [6.45, 7) is 1.18. The molecule has 1 saturated heterocycles. The van der Waals surface area contributed by atoms with Gasteiger partial charge in [0.05, 0.1) is 7.11 Å². The summed E-state index contributed by atoms with van der Waals surface area (Å²) in [5.74, 6) is 3.30. The van der Waals surface area contributed by atoms with Crippen molar-refractivity contribution < 1.29 is 9.47 Å². The minimum Gasteiger partial charge on any atom is -0.497 e. The van der Waals surface area contributed by atoms with Gasteiger partial charge in [0.2, 0.25) is 0 Å². The fourth-order valence-electron chi connectivity index (χ4n) is 3.94. The number of rotatable bonds is 3. The molecule has 1 N–H and O–H groups in total. The van der Waals surface area contributed by atoms with Crippen LogP contribution in [0, 0.1) is 0 Å². The van der Waals surface area contributed by atoms with Gasteiger partial charge in [-0.05, 0) is 85.7 Å². The maximum Gasteiger partial charge on any atom is 0.127 e. The number of aryl methyl sites for hydroxylation is 1. The number of hydrogen-bond acceptors (Lipinski definition) is 3. The van der Waals surface area contributed by atoms with Crippen LogP contribution in [-0.4, -0.2) is 19.7 Å². The molecule has 3 nitrogen and oxygen atoms in total. The predicted molar refractivity (Wildman–Crippen MR) is 91.6 cm³/mol. The number of nitrogens with one attached hydrogen (secondary N) is 1. The number of benzene rings is 2. The van der Waals surface area contributed by atoms with Crippen LogP contribution in [0.2, 0.25) is 0 Å². The molecule has 4 rings (SSSR count). The lowest BCUT2D eigenvalue weighted by Crippen LogP contribution is -2.42. The monoisotopic (exact) mass is 309 g/mol. The van der Waals surface area contributed by atoms with Gasteiger partial charge in [-0.3, -0.25) is 0 Å². The molecule has 1 aliphatic carbocycles. The lowest BCUT2D eigenvalue weighted by molar-refractivity contribution is 0.319. The largest absolute Gasteiger partial charge is 0.497 e. The minimum absolute atomic E-state index is 0.671. The zero-order valence-corrected chi connectivity index (χ0v) is 13.5. The van der Waals surface area contributed by atoms with Crippen molar-refractivity contribution in [2.24, 2.45) is 0 Å². The van der Waals surface area contributed by atoms with Crippen LogP contribution in [0.1, 0.15) is 36.3 Å². The van der Waals surface area contributed by atoms with Gasteiger partial charge in [-0.1, -0.05) is 6.07 Å². The molecule has 1 heterocycles. The van der Waals surface area contributed by atoms with Crippen molar-refractivity contribution in [2.45, 2.75) is 37.6 Å². The summed E-state index contributed by atoms with van der Waals surface area (Å²) in [5, 5.41) is 3.68. The van der Waals surface area contributed by atoms with E-state index in [0.29, 0.717) is 12.0 Å². The van der Waals surface area contributed by atoms with Gasteiger partial charge in [0.1, 0.15) is 17.2 Å². The average molecular weight is 309 g/mol. The van der Waals surface area contributed by atoms with E-state index in [0.717, 1.165) is 23.7 Å². The third-order valence-corrected chi connectivity index (χ3v) is 5.12. The Balaban J connectivity index is 1.55. The van der Waals surface area contributed by atoms with Crippen LogP contribution in [-0.2, 0) is 6.42 Å². The third-order valence-electron chi connectivity index (χ3n) is 5.12. The van der Waals surface area contributed by atoms with E-state index in [9.17, 15) is 0 Å². The van der Waals surface area contributed by atoms with Crippen molar-refractivity contribution in [3.8, 4) is 17.2 Å². The molecule has 3 heteroatoms. The topological polar surface area (TPSA) is 30.5 Å². The lowest BCUT2D eigenvalue weighted by Gasteiger charge is -2.38. The lowest BCUT2D eigenvalue weighted by atomic mass is 9.75. The first-order chi connectivity index (χ1) is 11.3. The Morgan fingerprint density at radius 1 is 0.957 bits per heavy atom. The fourth-order valence-corrected chi connectivity index (χ4v) is 3.94. The van der Waals surface area contributed by atoms with Gasteiger partial charge in [-0.2, -0.15) is 0 Å². The molecule has 120 valence electrons. The summed E-state index contributed by atoms with van der Waals surface area (Å²) >= 11 is 0. The number of fused-ring (bicyclic) bond motifs is 3. The van der Waals surface area contributed by atoms with E-state index < -0.39 is 0 Å². The van der Waals surface area contributed by atoms with E-state index in [1.807, 2.05) is 24.3 Å². The maximum absolute atomic E-state index is 6.01. The molecule has 0 unspecified atom stereocenters. The molecule has 2 aliphatic rings. The molecule has 0 saturated carbocycles. The quantitative estimate of drug-likeness (QED) is 0.918. The molecule has 0 aromatic heterocycles. The van der Waals surface area contributed by atoms with Gasteiger partial charge < -0.3 is 14.8 Å². The Morgan fingerprint density at radius 3 is 2.57 bits per heavy atom. The SMILES string of the molecule is COc1ccc(Oc2ccc3c(c2)CC[C@H]2NCCC[C@@H]32)cc1. The molecule has 1 fully saturated rings. The van der Waals surface area contributed by atoms with Crippen molar-refractivity contribution >= 4 is 0 Å². The number of methoxy groups -OCH3 is 1. The van der Waals surface area contributed by atoms with E-state index in [1.165, 1.54) is 36.9 Å². The second-order valence-electron chi connectivity index (χ2n) is 6.49. The molecule has 0 radical (unpaired) electrons. The van der Waals surface area contributed by atoms with Crippen LogP contribution in [0.25, 0.3) is 0 Å². The summed E-state index contributed by atoms with van der Waals surface area (Å²) in [5.41, 5.74) is 2.98. The Bertz CT molecular complexity index is 681. The van der Waals surface area contributed by atoms with E-state index in [4.69, 9.17) is 9.47 Å². The second-order valence-corrected chi connectivity index (χ2v) is 6.49. The summed E-state index contributed by atoms with van der Waals surface area (Å²) in [4.78, 5) is 0. The van der Waals surface area contributed by atoms with Crippen molar-refractivity contribution in [3.63, 3.8) is 0 Å². The number of piperidine rings is 1. The van der Waals surface area contributed by atoms with Crippen LogP contribution in [0.4, 0.5) is 0 Å². The molecule has 2 aromatic carbocycles. The van der Waals surface area contributed by atoms with Crippen molar-refractivity contribution in [1.82, 2.24) is 5.32 Å². The van der Waals surface area contributed by atoms with Crippen molar-refractivity contribution in [3.05, 3.63) is 53.6 Å². The highest BCUT2D eigenvalue weighted by Gasteiger charge is 2.31. The van der Waals surface area contributed by atoms with Crippen LogP contribution in [0.3, 0.4) is 0 Å². The zero-order valence-electron chi connectivity index (χ0n) is 13.5. The zero-order chi connectivity index (χ0) is 15.6. The molecular weight excluding hydrogens is 286 g/mol. The molecule has 0 spiro atoms. The van der Waals surface area contributed by atoms with Crippen LogP contribution < -0.4 is 14.8 Å². The molecule has 1 aliphatic heterocycles. The molecule has 0 bridgehead atoms. The highest BCUT2D eigenvalue weighted by molar-refractivity contribution is 5.43. The smallest absolute Gasteiger partial charge is 0.127 e. The summed E-state index contributed by atoms with van der Waals surface area (Å²) < 4.78 is 11.2. The number of hydrogen-bond donors (Lipinski definition) is 1. The molecule has 2 aromatic rings. The molecule has 0 amide bonds. The third kappa shape index (κ3) is 2.93. The van der Waals surface area contributed by atoms with E-state index in [2.05, 4.69) is 23.5 Å². The standard InChI is InChI=1S/C20H23NO2/c1-22-15-5-7-16(8-6-15)23-17-9-10-18-14(13-17)4-11-20-19(18)3-2-12-21-20/h5-10,13,19-21H,2-4,11-12H2,1H3/t19-,20+/m0/s1. The summed E-state index contributed by atoms with van der Waals surface area (Å²) in [6, 6.07) is 15.0. The van der Waals surface area contributed by atoms with Gasteiger partial charge in [-0.15, -0.1) is 0 Å². The van der Waals surface area contributed by atoms with E-state index in [-0.39, 0.29) is 0 Å². The van der Waals surface area contributed by atoms with Gasteiger partial charge in [-0.25, -0.2) is 0 Å². The van der Waals surface area contributed by atoms with Crippen molar-refractivity contribution in [2.75, 3.05) is 13.7 Å². The van der Waals surface area contributed by atoms with E-state index >= 15 is 0 Å². The van der Waals surface area contributed by atoms with Crippen LogP contribution >= 0.6 is 0 Å². The average Bonchev–Trinajstić information content (AvgIpc) is 2.62. The van der Waals surface area contributed by atoms with Crippen LogP contribution in [0.5, 0.6) is 17.2 Å². The highest BCUT2D eigenvalue weighted by Crippen LogP contribution is 2.39. The Labute approximate surface area is 137 Å². The molecular formula is C20H23NO2. The van der Waals surface area contributed by atoms with Crippen molar-refractivity contribution in [1.29, 1.82) is 0 Å².